The first-order valence-corrected chi connectivity index (χ1v) is 7.03. The fourth-order valence-corrected chi connectivity index (χ4v) is 2.03. The van der Waals surface area contributed by atoms with Crippen molar-refractivity contribution in [1.29, 1.82) is 0 Å². The van der Waals surface area contributed by atoms with Gasteiger partial charge in [0.2, 0.25) is 0 Å². The van der Waals surface area contributed by atoms with Crippen LogP contribution in [-0.2, 0) is 6.54 Å². The number of benzene rings is 2. The summed E-state index contributed by atoms with van der Waals surface area (Å²) in [6.45, 7) is 2.60. The maximum atomic E-state index is 5.25. The molecule has 21 heavy (non-hydrogen) atoms. The van der Waals surface area contributed by atoms with Crippen molar-refractivity contribution in [2.75, 3.05) is 32.6 Å². The van der Waals surface area contributed by atoms with Crippen LogP contribution >= 0.6 is 0 Å². The van der Waals surface area contributed by atoms with Crippen LogP contribution in [0.15, 0.2) is 48.5 Å². The third kappa shape index (κ3) is 5.00. The lowest BCUT2D eigenvalue weighted by atomic mass is 10.2. The van der Waals surface area contributed by atoms with Crippen molar-refractivity contribution >= 4 is 5.69 Å². The number of rotatable bonds is 8. The smallest absolute Gasteiger partial charge is 0.124 e. The van der Waals surface area contributed by atoms with Crippen LogP contribution in [0.25, 0.3) is 0 Å². The van der Waals surface area contributed by atoms with Gasteiger partial charge in [0.1, 0.15) is 11.5 Å². The Morgan fingerprint density at radius 2 is 1.52 bits per heavy atom. The Morgan fingerprint density at radius 3 is 2.14 bits per heavy atom. The predicted octanol–water partition coefficient (Wildman–Crippen LogP) is 2.91. The Kier molecular flexibility index (Phi) is 5.91. The molecule has 0 spiro atoms. The van der Waals surface area contributed by atoms with Crippen LogP contribution in [0.3, 0.4) is 0 Å². The molecular weight excluding hydrogens is 264 g/mol. The Bertz CT molecular complexity index is 521. The van der Waals surface area contributed by atoms with Crippen molar-refractivity contribution < 1.29 is 9.47 Å². The second kappa shape index (κ2) is 8.17. The molecule has 2 aromatic carbocycles. The van der Waals surface area contributed by atoms with Crippen LogP contribution in [0, 0.1) is 0 Å². The van der Waals surface area contributed by atoms with E-state index in [9.17, 15) is 0 Å². The van der Waals surface area contributed by atoms with E-state index in [4.69, 9.17) is 9.47 Å². The minimum Gasteiger partial charge on any atom is -0.497 e. The summed E-state index contributed by atoms with van der Waals surface area (Å²) in [6.07, 6.45) is 0. The molecule has 0 amide bonds. The highest BCUT2D eigenvalue weighted by Gasteiger charge is 2.01. The minimum absolute atomic E-state index is 0.786. The molecule has 2 aromatic rings. The van der Waals surface area contributed by atoms with Gasteiger partial charge in [0, 0.05) is 43.5 Å². The van der Waals surface area contributed by atoms with Crippen molar-refractivity contribution in [3.8, 4) is 11.5 Å². The van der Waals surface area contributed by atoms with E-state index in [2.05, 4.69) is 34.9 Å². The minimum atomic E-state index is 0.786. The topological polar surface area (TPSA) is 42.5 Å². The van der Waals surface area contributed by atoms with Gasteiger partial charge in [-0.15, -0.1) is 0 Å². The van der Waals surface area contributed by atoms with E-state index in [-0.39, 0.29) is 0 Å². The lowest BCUT2D eigenvalue weighted by Gasteiger charge is -2.11. The molecule has 0 atom stereocenters. The molecule has 0 aliphatic heterocycles. The lowest BCUT2D eigenvalue weighted by Crippen LogP contribution is -2.21. The molecule has 0 radical (unpaired) electrons. The first-order valence-electron chi connectivity index (χ1n) is 7.03. The van der Waals surface area contributed by atoms with Gasteiger partial charge in [-0.25, -0.2) is 0 Å². The third-order valence-electron chi connectivity index (χ3n) is 3.15. The Morgan fingerprint density at radius 1 is 0.857 bits per heavy atom. The average Bonchev–Trinajstić information content (AvgIpc) is 2.55. The van der Waals surface area contributed by atoms with E-state index in [1.807, 2.05) is 24.3 Å². The van der Waals surface area contributed by atoms with E-state index in [0.29, 0.717) is 0 Å². The van der Waals surface area contributed by atoms with Gasteiger partial charge in [-0.05, 0) is 5.56 Å². The molecule has 0 aliphatic rings. The first-order chi connectivity index (χ1) is 10.3. The molecule has 4 nitrogen and oxygen atoms in total. The van der Waals surface area contributed by atoms with Crippen molar-refractivity contribution in [3.63, 3.8) is 0 Å². The van der Waals surface area contributed by atoms with E-state index in [0.717, 1.165) is 36.8 Å². The van der Waals surface area contributed by atoms with Crippen LogP contribution < -0.4 is 20.1 Å². The quantitative estimate of drug-likeness (QED) is 0.732. The highest BCUT2D eigenvalue weighted by Crippen LogP contribution is 2.25. The Balaban J connectivity index is 1.75. The fraction of sp³-hybridized carbons (Fsp3) is 0.294. The molecule has 0 saturated heterocycles. The summed E-state index contributed by atoms with van der Waals surface area (Å²) in [6, 6.07) is 16.1. The molecule has 0 aliphatic carbocycles. The van der Waals surface area contributed by atoms with Gasteiger partial charge in [-0.3, -0.25) is 0 Å². The zero-order valence-electron chi connectivity index (χ0n) is 12.6. The summed E-state index contributed by atoms with van der Waals surface area (Å²) in [4.78, 5) is 0. The van der Waals surface area contributed by atoms with E-state index >= 15 is 0 Å². The predicted molar refractivity (Wildman–Crippen MR) is 86.2 cm³/mol. The van der Waals surface area contributed by atoms with E-state index < -0.39 is 0 Å². The van der Waals surface area contributed by atoms with Gasteiger partial charge >= 0.3 is 0 Å². The highest BCUT2D eigenvalue weighted by molar-refractivity contribution is 5.53. The second-order valence-electron chi connectivity index (χ2n) is 4.69. The molecule has 4 heteroatoms. The van der Waals surface area contributed by atoms with Gasteiger partial charge in [0.05, 0.1) is 14.2 Å². The zero-order valence-corrected chi connectivity index (χ0v) is 12.6. The van der Waals surface area contributed by atoms with Gasteiger partial charge in [-0.1, -0.05) is 30.3 Å². The molecule has 0 bridgehead atoms. The number of hydrogen-bond acceptors (Lipinski definition) is 4. The summed E-state index contributed by atoms with van der Waals surface area (Å²) < 4.78 is 10.5. The first kappa shape index (κ1) is 15.2. The van der Waals surface area contributed by atoms with Crippen LogP contribution in [0.5, 0.6) is 11.5 Å². The summed E-state index contributed by atoms with van der Waals surface area (Å²) in [5, 5.41) is 6.76. The maximum Gasteiger partial charge on any atom is 0.124 e. The summed E-state index contributed by atoms with van der Waals surface area (Å²) in [5.74, 6) is 1.57. The number of nitrogens with one attached hydrogen (secondary N) is 2. The normalized spacial score (nSPS) is 10.2. The van der Waals surface area contributed by atoms with Gasteiger partial charge in [0.25, 0.3) is 0 Å². The highest BCUT2D eigenvalue weighted by atomic mass is 16.5. The van der Waals surface area contributed by atoms with Gasteiger partial charge in [-0.2, -0.15) is 0 Å². The van der Waals surface area contributed by atoms with Crippen molar-refractivity contribution in [3.05, 3.63) is 54.1 Å². The summed E-state index contributed by atoms with van der Waals surface area (Å²) >= 11 is 0. The molecule has 0 saturated carbocycles. The van der Waals surface area contributed by atoms with Crippen molar-refractivity contribution in [1.82, 2.24) is 5.32 Å². The Hall–Kier alpha value is -2.20. The standard InChI is InChI=1S/C17H22N2O2/c1-20-16-10-15(11-17(12-16)21-2)19-9-8-18-13-14-6-4-3-5-7-14/h3-7,10-12,18-19H,8-9,13H2,1-2H3. The molecule has 0 fully saturated rings. The Labute approximate surface area is 126 Å². The maximum absolute atomic E-state index is 5.25. The van der Waals surface area contributed by atoms with Gasteiger partial charge in [0.15, 0.2) is 0 Å². The largest absolute Gasteiger partial charge is 0.497 e. The number of ether oxygens (including phenoxy) is 2. The fourth-order valence-electron chi connectivity index (χ4n) is 2.03. The molecule has 0 unspecified atom stereocenters. The van der Waals surface area contributed by atoms with E-state index in [1.165, 1.54) is 5.56 Å². The molecule has 2 rings (SSSR count). The average molecular weight is 286 g/mol. The number of anilines is 1. The van der Waals surface area contributed by atoms with Crippen LogP contribution in [0.2, 0.25) is 0 Å². The summed E-state index contributed by atoms with van der Waals surface area (Å²) in [7, 11) is 3.31. The van der Waals surface area contributed by atoms with Crippen LogP contribution in [0.1, 0.15) is 5.56 Å². The van der Waals surface area contributed by atoms with E-state index in [1.54, 1.807) is 14.2 Å². The monoisotopic (exact) mass is 286 g/mol. The third-order valence-corrected chi connectivity index (χ3v) is 3.15. The van der Waals surface area contributed by atoms with Crippen LogP contribution in [0.4, 0.5) is 5.69 Å². The van der Waals surface area contributed by atoms with Crippen LogP contribution in [-0.4, -0.2) is 27.3 Å². The lowest BCUT2D eigenvalue weighted by molar-refractivity contribution is 0.394. The molecule has 0 heterocycles. The second-order valence-corrected chi connectivity index (χ2v) is 4.69. The SMILES string of the molecule is COc1cc(NCCNCc2ccccc2)cc(OC)c1. The van der Waals surface area contributed by atoms with Crippen molar-refractivity contribution in [2.45, 2.75) is 6.54 Å². The number of methoxy groups -OCH3 is 2. The van der Waals surface area contributed by atoms with Crippen molar-refractivity contribution in [2.24, 2.45) is 0 Å². The molecular formula is C17H22N2O2. The number of hydrogen-bond donors (Lipinski definition) is 2. The van der Waals surface area contributed by atoms with Gasteiger partial charge < -0.3 is 20.1 Å². The molecule has 2 N–H and O–H groups in total. The molecule has 0 aromatic heterocycles. The molecule has 112 valence electrons. The zero-order chi connectivity index (χ0) is 14.9. The summed E-state index contributed by atoms with van der Waals surface area (Å²) in [5.41, 5.74) is 2.29.